The van der Waals surface area contributed by atoms with Crippen LogP contribution >= 0.6 is 12.2 Å². The molecule has 2 N–H and O–H groups in total. The molecule has 3 nitrogen and oxygen atoms in total. The fraction of sp³-hybridized carbons (Fsp3) is 0.0714. The zero-order valence-electron chi connectivity index (χ0n) is 10.6. The number of nitrogens with one attached hydrogen (secondary N) is 2. The SMILES string of the molecule is COc1ccccc1NC(=S)Nc1cc(F)cc(F)c1. The van der Waals surface area contributed by atoms with E-state index in [0.717, 1.165) is 18.2 Å². The Morgan fingerprint density at radius 3 is 2.35 bits per heavy atom. The highest BCUT2D eigenvalue weighted by atomic mass is 32.1. The van der Waals surface area contributed by atoms with Crippen LogP contribution in [0.1, 0.15) is 0 Å². The van der Waals surface area contributed by atoms with Gasteiger partial charge in [0.1, 0.15) is 17.4 Å². The van der Waals surface area contributed by atoms with E-state index < -0.39 is 11.6 Å². The maximum absolute atomic E-state index is 13.1. The van der Waals surface area contributed by atoms with Crippen molar-refractivity contribution < 1.29 is 13.5 Å². The molecular weight excluding hydrogens is 282 g/mol. The number of anilines is 2. The predicted octanol–water partition coefficient (Wildman–Crippen LogP) is 3.78. The summed E-state index contributed by atoms with van der Waals surface area (Å²) in [5.41, 5.74) is 0.888. The Morgan fingerprint density at radius 2 is 1.70 bits per heavy atom. The van der Waals surface area contributed by atoms with E-state index in [1.54, 1.807) is 19.2 Å². The van der Waals surface area contributed by atoms with E-state index in [9.17, 15) is 8.78 Å². The Morgan fingerprint density at radius 1 is 1.05 bits per heavy atom. The zero-order chi connectivity index (χ0) is 14.5. The molecular formula is C14H12F2N2OS. The van der Waals surface area contributed by atoms with Gasteiger partial charge in [0.25, 0.3) is 0 Å². The average molecular weight is 294 g/mol. The van der Waals surface area contributed by atoms with Gasteiger partial charge in [-0.2, -0.15) is 0 Å². The summed E-state index contributed by atoms with van der Waals surface area (Å²) in [4.78, 5) is 0. The molecule has 2 aromatic carbocycles. The van der Waals surface area contributed by atoms with Gasteiger partial charge in [0, 0.05) is 11.8 Å². The summed E-state index contributed by atoms with van der Waals surface area (Å²) in [6.07, 6.45) is 0. The number of para-hydroxylation sites is 2. The van der Waals surface area contributed by atoms with Gasteiger partial charge >= 0.3 is 0 Å². The largest absolute Gasteiger partial charge is 0.495 e. The van der Waals surface area contributed by atoms with Crippen LogP contribution < -0.4 is 15.4 Å². The highest BCUT2D eigenvalue weighted by molar-refractivity contribution is 7.80. The Kier molecular flexibility index (Phi) is 4.47. The molecule has 0 aliphatic carbocycles. The number of thiocarbonyl (C=S) groups is 1. The number of rotatable bonds is 3. The van der Waals surface area contributed by atoms with Gasteiger partial charge in [-0.15, -0.1) is 0 Å². The van der Waals surface area contributed by atoms with Gasteiger partial charge in [-0.1, -0.05) is 12.1 Å². The van der Waals surface area contributed by atoms with Gasteiger partial charge in [-0.05, 0) is 36.5 Å². The molecule has 0 spiro atoms. The summed E-state index contributed by atoms with van der Waals surface area (Å²) in [5.74, 6) is -0.734. The van der Waals surface area contributed by atoms with Crippen molar-refractivity contribution >= 4 is 28.7 Å². The summed E-state index contributed by atoms with van der Waals surface area (Å²) in [7, 11) is 1.54. The summed E-state index contributed by atoms with van der Waals surface area (Å²) in [5, 5.41) is 5.82. The van der Waals surface area contributed by atoms with Crippen molar-refractivity contribution in [1.29, 1.82) is 0 Å². The first-order valence-electron chi connectivity index (χ1n) is 5.75. The van der Waals surface area contributed by atoms with Gasteiger partial charge in [0.2, 0.25) is 0 Å². The van der Waals surface area contributed by atoms with Gasteiger partial charge in [-0.25, -0.2) is 8.78 Å². The second kappa shape index (κ2) is 6.29. The van der Waals surface area contributed by atoms with Crippen molar-refractivity contribution in [1.82, 2.24) is 0 Å². The minimum absolute atomic E-state index is 0.208. The molecule has 0 fully saturated rings. The van der Waals surface area contributed by atoms with E-state index in [-0.39, 0.29) is 10.8 Å². The molecule has 0 aliphatic rings. The molecule has 2 rings (SSSR count). The molecule has 0 heterocycles. The highest BCUT2D eigenvalue weighted by Crippen LogP contribution is 2.23. The average Bonchev–Trinajstić information content (AvgIpc) is 2.37. The predicted molar refractivity (Wildman–Crippen MR) is 79.2 cm³/mol. The topological polar surface area (TPSA) is 33.3 Å². The molecule has 0 amide bonds. The lowest BCUT2D eigenvalue weighted by Gasteiger charge is -2.13. The van der Waals surface area contributed by atoms with Crippen LogP contribution in [0, 0.1) is 11.6 Å². The zero-order valence-corrected chi connectivity index (χ0v) is 11.4. The fourth-order valence-electron chi connectivity index (χ4n) is 1.66. The quantitative estimate of drug-likeness (QED) is 0.844. The molecule has 104 valence electrons. The molecule has 0 radical (unpaired) electrons. The van der Waals surface area contributed by atoms with E-state index in [4.69, 9.17) is 17.0 Å². The second-order valence-electron chi connectivity index (χ2n) is 3.94. The Balaban J connectivity index is 2.09. The summed E-state index contributed by atoms with van der Waals surface area (Å²) < 4.78 is 31.3. The Bertz CT molecular complexity index is 614. The number of hydrogen-bond donors (Lipinski definition) is 2. The lowest BCUT2D eigenvalue weighted by Crippen LogP contribution is -2.19. The molecule has 0 unspecified atom stereocenters. The van der Waals surface area contributed by atoms with Crippen molar-refractivity contribution in [3.63, 3.8) is 0 Å². The van der Waals surface area contributed by atoms with E-state index in [0.29, 0.717) is 11.4 Å². The van der Waals surface area contributed by atoms with Crippen LogP contribution in [0.5, 0.6) is 5.75 Å². The van der Waals surface area contributed by atoms with Gasteiger partial charge < -0.3 is 15.4 Å². The van der Waals surface area contributed by atoms with Crippen LogP contribution in [0.3, 0.4) is 0 Å². The van der Waals surface area contributed by atoms with Crippen LogP contribution in [-0.2, 0) is 0 Å². The third-order valence-electron chi connectivity index (χ3n) is 2.48. The lowest BCUT2D eigenvalue weighted by molar-refractivity contribution is 0.417. The molecule has 0 bridgehead atoms. The summed E-state index contributed by atoms with van der Waals surface area (Å²) in [6.45, 7) is 0. The number of methoxy groups -OCH3 is 1. The van der Waals surface area contributed by atoms with E-state index in [1.165, 1.54) is 0 Å². The number of halogens is 2. The molecule has 20 heavy (non-hydrogen) atoms. The molecule has 6 heteroatoms. The van der Waals surface area contributed by atoms with Gasteiger partial charge in [0.15, 0.2) is 5.11 Å². The molecule has 0 aromatic heterocycles. The Hall–Kier alpha value is -2.21. The first-order chi connectivity index (χ1) is 9.58. The molecule has 0 saturated carbocycles. The summed E-state index contributed by atoms with van der Waals surface area (Å²) in [6, 6.07) is 10.3. The minimum Gasteiger partial charge on any atom is -0.495 e. The second-order valence-corrected chi connectivity index (χ2v) is 4.35. The first kappa shape index (κ1) is 14.2. The van der Waals surface area contributed by atoms with Crippen LogP contribution in [-0.4, -0.2) is 12.2 Å². The maximum atomic E-state index is 13.1. The van der Waals surface area contributed by atoms with Crippen molar-refractivity contribution in [2.75, 3.05) is 17.7 Å². The van der Waals surface area contributed by atoms with E-state index >= 15 is 0 Å². The monoisotopic (exact) mass is 294 g/mol. The molecule has 0 saturated heterocycles. The minimum atomic E-state index is -0.674. The Labute approximate surface area is 120 Å². The van der Waals surface area contributed by atoms with Crippen LogP contribution in [0.15, 0.2) is 42.5 Å². The van der Waals surface area contributed by atoms with Crippen LogP contribution in [0.4, 0.5) is 20.2 Å². The third-order valence-corrected chi connectivity index (χ3v) is 2.68. The van der Waals surface area contributed by atoms with E-state index in [1.807, 2.05) is 12.1 Å². The maximum Gasteiger partial charge on any atom is 0.175 e. The molecule has 0 aliphatic heterocycles. The fourth-order valence-corrected chi connectivity index (χ4v) is 1.89. The normalized spacial score (nSPS) is 9.95. The van der Waals surface area contributed by atoms with Crippen LogP contribution in [0.2, 0.25) is 0 Å². The first-order valence-corrected chi connectivity index (χ1v) is 6.16. The molecule has 0 atom stereocenters. The van der Waals surface area contributed by atoms with Gasteiger partial charge in [-0.3, -0.25) is 0 Å². The summed E-state index contributed by atoms with van der Waals surface area (Å²) >= 11 is 5.09. The lowest BCUT2D eigenvalue weighted by atomic mass is 10.3. The third kappa shape index (κ3) is 3.64. The van der Waals surface area contributed by atoms with Crippen molar-refractivity contribution in [2.45, 2.75) is 0 Å². The van der Waals surface area contributed by atoms with Crippen molar-refractivity contribution in [3.05, 3.63) is 54.1 Å². The van der Waals surface area contributed by atoms with Crippen molar-refractivity contribution in [3.8, 4) is 5.75 Å². The smallest absolute Gasteiger partial charge is 0.175 e. The van der Waals surface area contributed by atoms with Crippen molar-refractivity contribution in [2.24, 2.45) is 0 Å². The standard InChI is InChI=1S/C14H12F2N2OS/c1-19-13-5-3-2-4-12(13)18-14(20)17-11-7-9(15)6-10(16)8-11/h2-8H,1H3,(H2,17,18,20). The highest BCUT2D eigenvalue weighted by Gasteiger charge is 2.06. The van der Waals surface area contributed by atoms with Gasteiger partial charge in [0.05, 0.1) is 12.8 Å². The number of hydrogen-bond acceptors (Lipinski definition) is 2. The van der Waals surface area contributed by atoms with Crippen LogP contribution in [0.25, 0.3) is 0 Å². The number of benzene rings is 2. The van der Waals surface area contributed by atoms with E-state index in [2.05, 4.69) is 10.6 Å². The molecule has 2 aromatic rings. The number of ether oxygens (including phenoxy) is 1.